The first-order valence-electron chi connectivity index (χ1n) is 8.23. The van der Waals surface area contributed by atoms with Crippen molar-refractivity contribution in [1.82, 2.24) is 10.2 Å². The molecule has 1 unspecified atom stereocenters. The van der Waals surface area contributed by atoms with Crippen molar-refractivity contribution in [2.24, 2.45) is 0 Å². The Balaban J connectivity index is 2.47. The molecule has 0 bridgehead atoms. The standard InChI is InChI=1S/C18H30N2O3/c1-5-6-12-23-16-9-7-8-15(13-16)10-11-19-17(14-22-4)18(21)20(2)3/h7-9,13,17,19H,5-6,10-12,14H2,1-4H3. The summed E-state index contributed by atoms with van der Waals surface area (Å²) in [5.74, 6) is 0.942. The van der Waals surface area contributed by atoms with Gasteiger partial charge in [0, 0.05) is 21.2 Å². The van der Waals surface area contributed by atoms with Gasteiger partial charge in [0.25, 0.3) is 0 Å². The summed E-state index contributed by atoms with van der Waals surface area (Å²) in [6.07, 6.45) is 3.04. The Morgan fingerprint density at radius 2 is 2.13 bits per heavy atom. The van der Waals surface area contributed by atoms with E-state index in [4.69, 9.17) is 9.47 Å². The van der Waals surface area contributed by atoms with Gasteiger partial charge in [0.15, 0.2) is 0 Å². The van der Waals surface area contributed by atoms with Crippen LogP contribution < -0.4 is 10.1 Å². The monoisotopic (exact) mass is 322 g/mol. The maximum Gasteiger partial charge on any atom is 0.241 e. The molecule has 130 valence electrons. The third kappa shape index (κ3) is 7.48. The summed E-state index contributed by atoms with van der Waals surface area (Å²) < 4.78 is 10.8. The van der Waals surface area contributed by atoms with Gasteiger partial charge in [-0.2, -0.15) is 0 Å². The summed E-state index contributed by atoms with van der Waals surface area (Å²) in [5.41, 5.74) is 1.19. The van der Waals surface area contributed by atoms with Crippen LogP contribution in [0.15, 0.2) is 24.3 Å². The Kier molecular flexibility index (Phi) is 9.33. The highest BCUT2D eigenvalue weighted by Gasteiger charge is 2.19. The molecule has 0 radical (unpaired) electrons. The van der Waals surface area contributed by atoms with E-state index in [1.165, 1.54) is 5.56 Å². The van der Waals surface area contributed by atoms with Crippen molar-refractivity contribution >= 4 is 5.91 Å². The molecule has 0 aliphatic heterocycles. The van der Waals surface area contributed by atoms with Crippen molar-refractivity contribution in [3.63, 3.8) is 0 Å². The lowest BCUT2D eigenvalue weighted by molar-refractivity contribution is -0.132. The molecule has 1 aromatic rings. The Labute approximate surface area is 140 Å². The van der Waals surface area contributed by atoms with Crippen LogP contribution in [0, 0.1) is 0 Å². The fraction of sp³-hybridized carbons (Fsp3) is 0.611. The number of nitrogens with zero attached hydrogens (tertiary/aromatic N) is 1. The fourth-order valence-corrected chi connectivity index (χ4v) is 2.21. The molecule has 0 saturated heterocycles. The van der Waals surface area contributed by atoms with Crippen LogP contribution in [0.4, 0.5) is 0 Å². The number of hydrogen-bond donors (Lipinski definition) is 1. The average Bonchev–Trinajstić information content (AvgIpc) is 2.54. The molecule has 23 heavy (non-hydrogen) atoms. The number of hydrogen-bond acceptors (Lipinski definition) is 4. The molecule has 0 aliphatic rings. The Hall–Kier alpha value is -1.59. The smallest absolute Gasteiger partial charge is 0.241 e. The Bertz CT molecular complexity index is 463. The van der Waals surface area contributed by atoms with Crippen molar-refractivity contribution in [3.8, 4) is 5.75 Å². The van der Waals surface area contributed by atoms with Crippen LogP contribution in [0.5, 0.6) is 5.75 Å². The van der Waals surface area contributed by atoms with Crippen LogP contribution in [0.2, 0.25) is 0 Å². The van der Waals surface area contributed by atoms with Crippen molar-refractivity contribution < 1.29 is 14.3 Å². The Morgan fingerprint density at radius 3 is 2.78 bits per heavy atom. The second-order valence-corrected chi connectivity index (χ2v) is 5.79. The molecule has 5 nitrogen and oxygen atoms in total. The van der Waals surface area contributed by atoms with Gasteiger partial charge in [-0.25, -0.2) is 0 Å². The summed E-state index contributed by atoms with van der Waals surface area (Å²) in [4.78, 5) is 13.6. The summed E-state index contributed by atoms with van der Waals surface area (Å²) in [6, 6.07) is 7.83. The molecule has 1 aromatic carbocycles. The summed E-state index contributed by atoms with van der Waals surface area (Å²) in [6.45, 7) is 3.99. The van der Waals surface area contributed by atoms with Crippen molar-refractivity contribution in [3.05, 3.63) is 29.8 Å². The van der Waals surface area contributed by atoms with E-state index in [0.717, 1.165) is 31.6 Å². The number of unbranched alkanes of at least 4 members (excludes halogenated alkanes) is 1. The van der Waals surface area contributed by atoms with Gasteiger partial charge in [-0.1, -0.05) is 25.5 Å². The van der Waals surface area contributed by atoms with E-state index in [-0.39, 0.29) is 11.9 Å². The minimum absolute atomic E-state index is 0.0310. The maximum absolute atomic E-state index is 12.0. The molecular formula is C18H30N2O3. The quantitative estimate of drug-likeness (QED) is 0.634. The van der Waals surface area contributed by atoms with Crippen LogP contribution in [0.25, 0.3) is 0 Å². The molecule has 1 amide bonds. The number of likely N-dealkylation sites (N-methyl/N-ethyl adjacent to an activating group) is 1. The maximum atomic E-state index is 12.0. The first-order chi connectivity index (χ1) is 11.1. The zero-order valence-electron chi connectivity index (χ0n) is 14.8. The topological polar surface area (TPSA) is 50.8 Å². The highest BCUT2D eigenvalue weighted by Crippen LogP contribution is 2.14. The molecular weight excluding hydrogens is 292 g/mol. The molecule has 0 aliphatic carbocycles. The summed E-state index contributed by atoms with van der Waals surface area (Å²) in [7, 11) is 5.11. The zero-order chi connectivity index (χ0) is 17.1. The van der Waals surface area contributed by atoms with E-state index in [1.54, 1.807) is 26.1 Å². The predicted molar refractivity (Wildman–Crippen MR) is 92.9 cm³/mol. The number of carbonyl (C=O) groups is 1. The van der Waals surface area contributed by atoms with E-state index in [1.807, 2.05) is 12.1 Å². The number of benzene rings is 1. The van der Waals surface area contributed by atoms with E-state index >= 15 is 0 Å². The molecule has 0 heterocycles. The van der Waals surface area contributed by atoms with Crippen molar-refractivity contribution in [2.75, 3.05) is 41.0 Å². The number of rotatable bonds is 11. The lowest BCUT2D eigenvalue weighted by atomic mass is 10.1. The molecule has 1 N–H and O–H groups in total. The summed E-state index contributed by atoms with van der Waals surface area (Å²) in [5, 5.41) is 3.27. The SMILES string of the molecule is CCCCOc1cccc(CCNC(COC)C(=O)N(C)C)c1. The van der Waals surface area contributed by atoms with Gasteiger partial charge in [0.2, 0.25) is 5.91 Å². The number of ether oxygens (including phenoxy) is 2. The predicted octanol–water partition coefficient (Wildman–Crippen LogP) is 2.10. The minimum Gasteiger partial charge on any atom is -0.494 e. The largest absolute Gasteiger partial charge is 0.494 e. The number of nitrogens with one attached hydrogen (secondary N) is 1. The third-order valence-corrected chi connectivity index (χ3v) is 3.54. The number of amides is 1. The molecule has 5 heteroatoms. The van der Waals surface area contributed by atoms with E-state index in [0.29, 0.717) is 13.2 Å². The molecule has 0 saturated carbocycles. The van der Waals surface area contributed by atoms with Crippen LogP contribution in [-0.2, 0) is 16.0 Å². The molecule has 1 rings (SSSR count). The molecule has 0 fully saturated rings. The van der Waals surface area contributed by atoms with Gasteiger partial charge < -0.3 is 19.7 Å². The molecule has 1 atom stereocenters. The zero-order valence-corrected chi connectivity index (χ0v) is 14.8. The number of methoxy groups -OCH3 is 1. The first kappa shape index (κ1) is 19.5. The van der Waals surface area contributed by atoms with Crippen LogP contribution in [-0.4, -0.2) is 57.8 Å². The highest BCUT2D eigenvalue weighted by molar-refractivity contribution is 5.81. The second-order valence-electron chi connectivity index (χ2n) is 5.79. The lowest BCUT2D eigenvalue weighted by Gasteiger charge is -2.21. The van der Waals surface area contributed by atoms with Gasteiger partial charge in [0.05, 0.1) is 13.2 Å². The van der Waals surface area contributed by atoms with E-state index < -0.39 is 0 Å². The Morgan fingerprint density at radius 1 is 1.35 bits per heavy atom. The normalized spacial score (nSPS) is 12.0. The van der Waals surface area contributed by atoms with Crippen molar-refractivity contribution in [1.29, 1.82) is 0 Å². The van der Waals surface area contributed by atoms with Gasteiger partial charge in [-0.15, -0.1) is 0 Å². The molecule has 0 spiro atoms. The fourth-order valence-electron chi connectivity index (χ4n) is 2.21. The van der Waals surface area contributed by atoms with Crippen LogP contribution >= 0.6 is 0 Å². The van der Waals surface area contributed by atoms with E-state index in [9.17, 15) is 4.79 Å². The number of carbonyl (C=O) groups excluding carboxylic acids is 1. The van der Waals surface area contributed by atoms with Gasteiger partial charge in [-0.3, -0.25) is 4.79 Å². The van der Waals surface area contributed by atoms with Crippen LogP contribution in [0.3, 0.4) is 0 Å². The lowest BCUT2D eigenvalue weighted by Crippen LogP contribution is -2.47. The average molecular weight is 322 g/mol. The summed E-state index contributed by atoms with van der Waals surface area (Å²) >= 11 is 0. The minimum atomic E-state index is -0.306. The first-order valence-corrected chi connectivity index (χ1v) is 8.23. The van der Waals surface area contributed by atoms with Gasteiger partial charge >= 0.3 is 0 Å². The third-order valence-electron chi connectivity index (χ3n) is 3.54. The van der Waals surface area contributed by atoms with Crippen molar-refractivity contribution in [2.45, 2.75) is 32.2 Å². The van der Waals surface area contributed by atoms with Gasteiger partial charge in [-0.05, 0) is 37.1 Å². The highest BCUT2D eigenvalue weighted by atomic mass is 16.5. The van der Waals surface area contributed by atoms with E-state index in [2.05, 4.69) is 24.4 Å². The van der Waals surface area contributed by atoms with Gasteiger partial charge in [0.1, 0.15) is 11.8 Å². The second kappa shape index (κ2) is 11.0. The van der Waals surface area contributed by atoms with Crippen LogP contribution in [0.1, 0.15) is 25.3 Å². The molecule has 0 aromatic heterocycles.